The number of aliphatic carboxylic acids is 1. The number of sulfonamides is 1. The monoisotopic (exact) mass is 550 g/mol. The van der Waals surface area contributed by atoms with Crippen molar-refractivity contribution in [3.8, 4) is 11.5 Å². The number of nitrogens with zero attached hydrogens (tertiary/aromatic N) is 1. The molecule has 0 aliphatic rings. The molecule has 0 saturated carbocycles. The Morgan fingerprint density at radius 1 is 0.972 bits per heavy atom. The minimum absolute atomic E-state index is 0.140. The van der Waals surface area contributed by atoms with Gasteiger partial charge in [-0.25, -0.2) is 12.7 Å². The van der Waals surface area contributed by atoms with Gasteiger partial charge in [0.15, 0.2) is 0 Å². The van der Waals surface area contributed by atoms with Crippen LogP contribution in [0, 0.1) is 0 Å². The van der Waals surface area contributed by atoms with Crippen LogP contribution in [0.25, 0.3) is 0 Å². The molecule has 2 N–H and O–H groups in total. The van der Waals surface area contributed by atoms with Gasteiger partial charge >= 0.3 is 5.97 Å². The van der Waals surface area contributed by atoms with Crippen molar-refractivity contribution in [2.24, 2.45) is 0 Å². The maximum Gasteiger partial charge on any atom is 0.307 e. The van der Waals surface area contributed by atoms with E-state index in [9.17, 15) is 18.0 Å². The lowest BCUT2D eigenvalue weighted by Crippen LogP contribution is -2.26. The van der Waals surface area contributed by atoms with Gasteiger partial charge in [-0.1, -0.05) is 35.3 Å². The Balaban J connectivity index is 1.76. The molecule has 190 valence electrons. The predicted octanol–water partition coefficient (Wildman–Crippen LogP) is 5.10. The summed E-state index contributed by atoms with van der Waals surface area (Å²) in [5.74, 6) is -0.655. The summed E-state index contributed by atoms with van der Waals surface area (Å²) >= 11 is 11.9. The maximum absolute atomic E-state index is 12.5. The fourth-order valence-electron chi connectivity index (χ4n) is 3.21. The number of carboxylic acid groups (broad SMARTS) is 1. The first-order valence-corrected chi connectivity index (χ1v) is 13.1. The van der Waals surface area contributed by atoms with Crippen molar-refractivity contribution in [2.45, 2.75) is 12.8 Å². The van der Waals surface area contributed by atoms with E-state index in [1.807, 2.05) is 0 Å². The number of nitrogens with one attached hydrogen (secondary N) is 1. The minimum atomic E-state index is -3.46. The number of ether oxygens (including phenoxy) is 1. The van der Waals surface area contributed by atoms with Gasteiger partial charge in [0, 0.05) is 25.3 Å². The molecule has 0 radical (unpaired) electrons. The van der Waals surface area contributed by atoms with Crippen LogP contribution in [-0.2, 0) is 27.7 Å². The summed E-state index contributed by atoms with van der Waals surface area (Å²) in [6, 6.07) is 16.1. The van der Waals surface area contributed by atoms with E-state index in [1.54, 1.807) is 54.6 Å². The van der Waals surface area contributed by atoms with Crippen molar-refractivity contribution >= 4 is 50.8 Å². The van der Waals surface area contributed by atoms with E-state index in [1.165, 1.54) is 20.2 Å². The lowest BCUT2D eigenvalue weighted by molar-refractivity contribution is -0.136. The number of aryl methyl sites for hydroxylation is 1. The third-order valence-electron chi connectivity index (χ3n) is 5.19. The van der Waals surface area contributed by atoms with Crippen LogP contribution in [0.4, 0.5) is 5.69 Å². The number of anilines is 1. The second-order valence-corrected chi connectivity index (χ2v) is 11.2. The molecule has 3 aromatic carbocycles. The maximum atomic E-state index is 12.5. The standard InChI is InChI=1S/C25H24Cl2N2O6S/c1-29(2)36(33,34)12-11-17-13-16(14-24(30)31)3-10-23(17)35-20-7-5-19(6-8-20)28-25(32)18-4-9-21(26)22(27)15-18/h3-10,13,15H,11-12,14H2,1-2H3,(H,28,32)(H,30,31). The van der Waals surface area contributed by atoms with Gasteiger partial charge in [0.1, 0.15) is 11.5 Å². The van der Waals surface area contributed by atoms with Crippen LogP contribution in [0.3, 0.4) is 0 Å². The number of amides is 1. The van der Waals surface area contributed by atoms with Crippen LogP contribution >= 0.6 is 23.2 Å². The van der Waals surface area contributed by atoms with Gasteiger partial charge in [0.2, 0.25) is 10.0 Å². The quantitative estimate of drug-likeness (QED) is 0.363. The molecule has 0 unspecified atom stereocenters. The molecule has 8 nitrogen and oxygen atoms in total. The zero-order valence-electron chi connectivity index (χ0n) is 19.5. The van der Waals surface area contributed by atoms with E-state index in [4.69, 9.17) is 33.0 Å². The van der Waals surface area contributed by atoms with Crippen molar-refractivity contribution in [1.82, 2.24) is 4.31 Å². The number of benzene rings is 3. The highest BCUT2D eigenvalue weighted by Gasteiger charge is 2.17. The Bertz CT molecular complexity index is 1380. The summed E-state index contributed by atoms with van der Waals surface area (Å²) < 4.78 is 31.6. The topological polar surface area (TPSA) is 113 Å². The lowest BCUT2D eigenvalue weighted by atomic mass is 10.1. The van der Waals surface area contributed by atoms with Gasteiger partial charge in [-0.2, -0.15) is 0 Å². The van der Waals surface area contributed by atoms with Crippen molar-refractivity contribution in [2.75, 3.05) is 25.2 Å². The molecule has 0 aliphatic heterocycles. The van der Waals surface area contributed by atoms with Crippen molar-refractivity contribution in [3.63, 3.8) is 0 Å². The molecule has 0 atom stereocenters. The highest BCUT2D eigenvalue weighted by Crippen LogP contribution is 2.29. The average molecular weight is 551 g/mol. The molecule has 0 saturated heterocycles. The Labute approximate surface area is 219 Å². The number of carbonyl (C=O) groups is 2. The fraction of sp³-hybridized carbons (Fsp3) is 0.200. The largest absolute Gasteiger partial charge is 0.481 e. The summed E-state index contributed by atoms with van der Waals surface area (Å²) in [4.78, 5) is 23.6. The molecule has 36 heavy (non-hydrogen) atoms. The van der Waals surface area contributed by atoms with Crippen molar-refractivity contribution in [1.29, 1.82) is 0 Å². The molecule has 0 bridgehead atoms. The average Bonchev–Trinajstić information content (AvgIpc) is 2.81. The number of hydrogen-bond acceptors (Lipinski definition) is 5. The zero-order valence-corrected chi connectivity index (χ0v) is 21.8. The Morgan fingerprint density at radius 2 is 1.67 bits per heavy atom. The SMILES string of the molecule is CN(C)S(=O)(=O)CCc1cc(CC(=O)O)ccc1Oc1ccc(NC(=O)c2ccc(Cl)c(Cl)c2)cc1. The molecular formula is C25H24Cl2N2O6S. The predicted molar refractivity (Wildman–Crippen MR) is 140 cm³/mol. The Kier molecular flexibility index (Phi) is 8.97. The molecule has 3 aromatic rings. The van der Waals surface area contributed by atoms with Crippen molar-refractivity contribution < 1.29 is 27.9 Å². The molecule has 0 fully saturated rings. The molecule has 1 amide bonds. The Hall–Kier alpha value is -3.11. The second-order valence-electron chi connectivity index (χ2n) is 8.07. The first-order chi connectivity index (χ1) is 16.9. The van der Waals surface area contributed by atoms with Gasteiger partial charge in [0.05, 0.1) is 22.2 Å². The molecule has 0 aromatic heterocycles. The van der Waals surface area contributed by atoms with Crippen LogP contribution in [-0.4, -0.2) is 49.6 Å². The molecular weight excluding hydrogens is 527 g/mol. The number of carbonyl (C=O) groups excluding carboxylic acids is 1. The molecule has 0 aliphatic carbocycles. The van der Waals surface area contributed by atoms with E-state index < -0.39 is 16.0 Å². The first-order valence-electron chi connectivity index (χ1n) is 10.7. The third-order valence-corrected chi connectivity index (χ3v) is 7.76. The van der Waals surface area contributed by atoms with E-state index in [-0.39, 0.29) is 29.5 Å². The van der Waals surface area contributed by atoms with Crippen LogP contribution < -0.4 is 10.1 Å². The highest BCUT2D eigenvalue weighted by molar-refractivity contribution is 7.89. The van der Waals surface area contributed by atoms with Crippen LogP contribution in [0.2, 0.25) is 10.0 Å². The van der Waals surface area contributed by atoms with Crippen LogP contribution in [0.15, 0.2) is 60.7 Å². The Morgan fingerprint density at radius 3 is 2.28 bits per heavy atom. The molecule has 0 heterocycles. The normalized spacial score (nSPS) is 11.4. The fourth-order valence-corrected chi connectivity index (χ4v) is 4.35. The van der Waals surface area contributed by atoms with Gasteiger partial charge in [0.25, 0.3) is 5.91 Å². The summed E-state index contributed by atoms with van der Waals surface area (Å²) in [6.45, 7) is 0. The summed E-state index contributed by atoms with van der Waals surface area (Å²) in [5, 5.41) is 12.5. The molecule has 0 spiro atoms. The van der Waals surface area contributed by atoms with E-state index in [0.29, 0.717) is 38.9 Å². The summed E-state index contributed by atoms with van der Waals surface area (Å²) in [7, 11) is -0.554. The van der Waals surface area contributed by atoms with Gasteiger partial charge in [-0.15, -0.1) is 0 Å². The van der Waals surface area contributed by atoms with Crippen molar-refractivity contribution in [3.05, 3.63) is 87.4 Å². The third kappa shape index (κ3) is 7.44. The summed E-state index contributed by atoms with van der Waals surface area (Å²) in [5.41, 5.74) is 1.97. The summed E-state index contributed by atoms with van der Waals surface area (Å²) in [6.07, 6.45) is -0.0535. The van der Waals surface area contributed by atoms with Crippen LogP contribution in [0.1, 0.15) is 21.5 Å². The van der Waals surface area contributed by atoms with Crippen LogP contribution in [0.5, 0.6) is 11.5 Å². The van der Waals surface area contributed by atoms with Gasteiger partial charge < -0.3 is 15.2 Å². The molecule has 11 heteroatoms. The highest BCUT2D eigenvalue weighted by atomic mass is 35.5. The molecule has 3 rings (SSSR count). The van der Waals surface area contributed by atoms with Gasteiger partial charge in [-0.05, 0) is 66.1 Å². The van der Waals surface area contributed by atoms with E-state index in [2.05, 4.69) is 5.32 Å². The number of carboxylic acids is 1. The first kappa shape index (κ1) is 27.5. The zero-order chi connectivity index (χ0) is 26.5. The second kappa shape index (κ2) is 11.7. The van der Waals surface area contributed by atoms with E-state index in [0.717, 1.165) is 4.31 Å². The van der Waals surface area contributed by atoms with E-state index >= 15 is 0 Å². The number of hydrogen-bond donors (Lipinski definition) is 2. The number of rotatable bonds is 10. The minimum Gasteiger partial charge on any atom is -0.481 e. The lowest BCUT2D eigenvalue weighted by Gasteiger charge is -2.15. The smallest absolute Gasteiger partial charge is 0.307 e. The number of halogens is 2. The van der Waals surface area contributed by atoms with Gasteiger partial charge in [-0.3, -0.25) is 9.59 Å².